The zero-order chi connectivity index (χ0) is 33.0. The van der Waals surface area contributed by atoms with Crippen molar-refractivity contribution in [1.82, 2.24) is 0 Å². The van der Waals surface area contributed by atoms with Crippen LogP contribution in [0, 0.1) is 0 Å². The first-order chi connectivity index (χ1) is 23.1. The summed E-state index contributed by atoms with van der Waals surface area (Å²) >= 11 is 0. The standard InChI is InChI=1S/C47H41N/c1-45(2)41-19-13-12-18-36(41)37-24-22-33(27-42(37)45)48(32-15-8-7-9-16-32)34-23-25-38-40-26-31-21-20-30-14-10-11-17-35(30)39(31)29-44(40)47(5,6)46(3,4)43(38)28-34/h7-29H,1-6H3. The average Bonchev–Trinajstić information content (AvgIpc) is 3.33. The van der Waals surface area contributed by atoms with Crippen LogP contribution in [0.1, 0.15) is 63.8 Å². The molecule has 1 nitrogen and oxygen atoms in total. The lowest BCUT2D eigenvalue weighted by Gasteiger charge is -2.49. The molecule has 0 aliphatic heterocycles. The lowest BCUT2D eigenvalue weighted by atomic mass is 9.55. The SMILES string of the molecule is CC1(C)c2ccccc2-c2ccc(N(c3ccccc3)c3ccc4c(c3)C(C)(C)C(C)(C)c3cc5c(ccc6ccccc65)cc3-4)cc21. The lowest BCUT2D eigenvalue weighted by Crippen LogP contribution is -2.43. The van der Waals surface area contributed by atoms with Crippen LogP contribution in [-0.2, 0) is 16.2 Å². The van der Waals surface area contributed by atoms with Crippen LogP contribution in [0.25, 0.3) is 43.8 Å². The third kappa shape index (κ3) is 3.91. The quantitative estimate of drug-likeness (QED) is 0.178. The second-order valence-electron chi connectivity index (χ2n) is 15.5. The van der Waals surface area contributed by atoms with Crippen molar-refractivity contribution >= 4 is 38.6 Å². The topological polar surface area (TPSA) is 3.24 Å². The first-order valence-electron chi connectivity index (χ1n) is 17.3. The van der Waals surface area contributed by atoms with Crippen LogP contribution >= 0.6 is 0 Å². The van der Waals surface area contributed by atoms with Gasteiger partial charge >= 0.3 is 0 Å². The van der Waals surface area contributed by atoms with Gasteiger partial charge in [0.25, 0.3) is 0 Å². The number of benzene rings is 7. The Morgan fingerprint density at radius 1 is 0.354 bits per heavy atom. The Morgan fingerprint density at radius 2 is 0.917 bits per heavy atom. The highest BCUT2D eigenvalue weighted by atomic mass is 15.1. The van der Waals surface area contributed by atoms with E-state index in [1.807, 2.05) is 0 Å². The van der Waals surface area contributed by atoms with Crippen molar-refractivity contribution in [2.45, 2.75) is 57.8 Å². The maximum absolute atomic E-state index is 2.49. The van der Waals surface area contributed by atoms with E-state index in [0.29, 0.717) is 0 Å². The van der Waals surface area contributed by atoms with Crippen molar-refractivity contribution in [3.8, 4) is 22.3 Å². The first kappa shape index (κ1) is 29.0. The van der Waals surface area contributed by atoms with Gasteiger partial charge in [0.2, 0.25) is 0 Å². The Morgan fingerprint density at radius 3 is 1.67 bits per heavy atom. The summed E-state index contributed by atoms with van der Waals surface area (Å²) < 4.78 is 0. The van der Waals surface area contributed by atoms with Crippen molar-refractivity contribution in [3.05, 3.63) is 162 Å². The van der Waals surface area contributed by atoms with Gasteiger partial charge in [0.15, 0.2) is 0 Å². The molecule has 0 N–H and O–H groups in total. The summed E-state index contributed by atoms with van der Waals surface area (Å²) in [4.78, 5) is 2.45. The molecule has 0 atom stereocenters. The molecule has 2 aliphatic carbocycles. The lowest BCUT2D eigenvalue weighted by molar-refractivity contribution is 0.299. The number of nitrogens with zero attached hydrogens (tertiary/aromatic N) is 1. The monoisotopic (exact) mass is 619 g/mol. The largest absolute Gasteiger partial charge is 0.310 e. The van der Waals surface area contributed by atoms with Gasteiger partial charge in [0, 0.05) is 22.5 Å². The van der Waals surface area contributed by atoms with Gasteiger partial charge in [-0.15, -0.1) is 0 Å². The Labute approximate surface area is 284 Å². The van der Waals surface area contributed by atoms with E-state index >= 15 is 0 Å². The fraction of sp³-hybridized carbons (Fsp3) is 0.191. The van der Waals surface area contributed by atoms with Crippen LogP contribution in [0.5, 0.6) is 0 Å². The van der Waals surface area contributed by atoms with Gasteiger partial charge in [-0.3, -0.25) is 0 Å². The second-order valence-corrected chi connectivity index (χ2v) is 15.5. The number of rotatable bonds is 3. The molecular weight excluding hydrogens is 579 g/mol. The van der Waals surface area contributed by atoms with Crippen molar-refractivity contribution in [1.29, 1.82) is 0 Å². The van der Waals surface area contributed by atoms with Crippen molar-refractivity contribution in [2.24, 2.45) is 0 Å². The number of para-hydroxylation sites is 1. The minimum atomic E-state index is -0.118. The summed E-state index contributed by atoms with van der Waals surface area (Å²) in [5, 5.41) is 5.26. The summed E-state index contributed by atoms with van der Waals surface area (Å²) in [6, 6.07) is 52.3. The Kier molecular flexibility index (Phi) is 6.01. The molecule has 48 heavy (non-hydrogen) atoms. The molecule has 9 rings (SSSR count). The van der Waals surface area contributed by atoms with Gasteiger partial charge in [-0.05, 0) is 125 Å². The molecule has 7 aromatic rings. The molecule has 7 aromatic carbocycles. The van der Waals surface area contributed by atoms with Gasteiger partial charge in [0.1, 0.15) is 0 Å². The Hall–Kier alpha value is -5.14. The fourth-order valence-corrected chi connectivity index (χ4v) is 8.75. The van der Waals surface area contributed by atoms with Crippen LogP contribution in [0.2, 0.25) is 0 Å². The number of hydrogen-bond donors (Lipinski definition) is 0. The molecule has 0 fully saturated rings. The molecule has 0 aromatic heterocycles. The molecule has 0 saturated carbocycles. The summed E-state index contributed by atoms with van der Waals surface area (Å²) in [6.07, 6.45) is 0. The summed E-state index contributed by atoms with van der Waals surface area (Å²) in [5.74, 6) is 0. The number of fused-ring (bicyclic) bond motifs is 9. The third-order valence-corrected chi connectivity index (χ3v) is 12.2. The normalized spacial score (nSPS) is 16.2. The molecule has 0 amide bonds. The van der Waals surface area contributed by atoms with Gasteiger partial charge in [0.05, 0.1) is 0 Å². The molecule has 1 heteroatoms. The van der Waals surface area contributed by atoms with Crippen LogP contribution in [-0.4, -0.2) is 0 Å². The van der Waals surface area contributed by atoms with Crippen LogP contribution in [0.4, 0.5) is 17.1 Å². The molecule has 2 aliphatic rings. The van der Waals surface area contributed by atoms with E-state index in [1.165, 1.54) is 77.4 Å². The van der Waals surface area contributed by atoms with E-state index in [4.69, 9.17) is 0 Å². The zero-order valence-electron chi connectivity index (χ0n) is 28.7. The summed E-state index contributed by atoms with van der Waals surface area (Å²) in [7, 11) is 0. The van der Waals surface area contributed by atoms with Gasteiger partial charge in [-0.1, -0.05) is 133 Å². The highest BCUT2D eigenvalue weighted by Gasteiger charge is 2.46. The highest BCUT2D eigenvalue weighted by Crippen LogP contribution is 2.56. The average molecular weight is 620 g/mol. The minimum Gasteiger partial charge on any atom is -0.310 e. The van der Waals surface area contributed by atoms with Gasteiger partial charge in [-0.2, -0.15) is 0 Å². The molecule has 0 heterocycles. The van der Waals surface area contributed by atoms with E-state index in [1.54, 1.807) is 0 Å². The van der Waals surface area contributed by atoms with E-state index in [9.17, 15) is 0 Å². The second kappa shape index (κ2) is 9.94. The maximum Gasteiger partial charge on any atom is 0.0465 e. The molecule has 234 valence electrons. The highest BCUT2D eigenvalue weighted by molar-refractivity contribution is 6.09. The zero-order valence-corrected chi connectivity index (χ0v) is 28.7. The summed E-state index contributed by atoms with van der Waals surface area (Å²) in [5.41, 5.74) is 14.3. The molecule has 0 bridgehead atoms. The van der Waals surface area contributed by atoms with Gasteiger partial charge < -0.3 is 4.90 Å². The molecule has 0 unspecified atom stereocenters. The molecule has 0 saturated heterocycles. The van der Waals surface area contributed by atoms with E-state index < -0.39 is 0 Å². The van der Waals surface area contributed by atoms with E-state index in [-0.39, 0.29) is 16.2 Å². The maximum atomic E-state index is 2.49. The predicted octanol–water partition coefficient (Wildman–Crippen LogP) is 13.0. The molecular formula is C47H41N. The molecule has 0 radical (unpaired) electrons. The minimum absolute atomic E-state index is 0.0655. The third-order valence-electron chi connectivity index (χ3n) is 12.2. The van der Waals surface area contributed by atoms with Crippen LogP contribution in [0.15, 0.2) is 140 Å². The number of anilines is 3. The Balaban J connectivity index is 1.25. The van der Waals surface area contributed by atoms with Gasteiger partial charge in [-0.25, -0.2) is 0 Å². The molecule has 0 spiro atoms. The van der Waals surface area contributed by atoms with Crippen molar-refractivity contribution in [2.75, 3.05) is 4.90 Å². The smallest absolute Gasteiger partial charge is 0.0465 e. The van der Waals surface area contributed by atoms with E-state index in [0.717, 1.165) is 5.69 Å². The van der Waals surface area contributed by atoms with Crippen molar-refractivity contribution in [3.63, 3.8) is 0 Å². The van der Waals surface area contributed by atoms with Crippen molar-refractivity contribution < 1.29 is 0 Å². The van der Waals surface area contributed by atoms with Crippen LogP contribution in [0.3, 0.4) is 0 Å². The predicted molar refractivity (Wildman–Crippen MR) is 205 cm³/mol. The summed E-state index contributed by atoms with van der Waals surface area (Å²) in [6.45, 7) is 14.5. The Bertz CT molecular complexity index is 2430. The van der Waals surface area contributed by atoms with E-state index in [2.05, 4.69) is 186 Å². The van der Waals surface area contributed by atoms with Crippen LogP contribution < -0.4 is 4.90 Å². The first-order valence-corrected chi connectivity index (χ1v) is 17.3. The fourth-order valence-electron chi connectivity index (χ4n) is 8.75. The number of hydrogen-bond acceptors (Lipinski definition) is 1.